The van der Waals surface area contributed by atoms with Crippen LogP contribution in [0.2, 0.25) is 0 Å². The lowest BCUT2D eigenvalue weighted by molar-refractivity contribution is -0.139. The van der Waals surface area contributed by atoms with Crippen molar-refractivity contribution in [2.45, 2.75) is 76.3 Å². The highest BCUT2D eigenvalue weighted by Crippen LogP contribution is 2.38. The van der Waals surface area contributed by atoms with Gasteiger partial charge in [-0.05, 0) is 63.8 Å². The van der Waals surface area contributed by atoms with Gasteiger partial charge in [-0.15, -0.1) is 11.3 Å². The fraction of sp³-hybridized carbons (Fsp3) is 0.538. The van der Waals surface area contributed by atoms with E-state index in [0.717, 1.165) is 17.0 Å². The van der Waals surface area contributed by atoms with Gasteiger partial charge in [-0.1, -0.05) is 12.1 Å². The maximum atomic E-state index is 14.8. The molecule has 0 aliphatic carbocycles. The number of amides is 1. The molecule has 1 amide bonds. The number of rotatable bonds is 11. The van der Waals surface area contributed by atoms with E-state index in [9.17, 15) is 36.6 Å². The van der Waals surface area contributed by atoms with Crippen molar-refractivity contribution in [3.8, 4) is 0 Å². The fourth-order valence-electron chi connectivity index (χ4n) is 4.19. The van der Waals surface area contributed by atoms with Gasteiger partial charge in [-0.3, -0.25) is 0 Å². The Morgan fingerprint density at radius 3 is 2.58 bits per heavy atom. The van der Waals surface area contributed by atoms with E-state index in [1.165, 1.54) is 16.2 Å². The Hall–Kier alpha value is -2.73. The van der Waals surface area contributed by atoms with Crippen molar-refractivity contribution in [2.75, 3.05) is 13.2 Å². The third kappa shape index (κ3) is 7.66. The molecule has 1 aromatic heterocycles. The Kier molecular flexibility index (Phi) is 9.74. The van der Waals surface area contributed by atoms with Gasteiger partial charge in [0.05, 0.1) is 18.3 Å². The van der Waals surface area contributed by atoms with Crippen LogP contribution in [-0.4, -0.2) is 53.5 Å². The molecule has 0 radical (unpaired) electrons. The minimum atomic E-state index is -4.79. The number of carbonyl (C=O) groups excluding carboxylic acids is 2. The smallest absolute Gasteiger partial charge is 0.416 e. The molecular weight excluding hydrogens is 533 g/mol. The number of aliphatic hydroxyl groups excluding tert-OH is 1. The number of cyclic esters (lactones) is 1. The molecule has 38 heavy (non-hydrogen) atoms. The van der Waals surface area contributed by atoms with Gasteiger partial charge < -0.3 is 19.5 Å². The molecule has 1 aliphatic rings. The van der Waals surface area contributed by atoms with Crippen molar-refractivity contribution < 1.29 is 46.1 Å². The molecule has 0 bridgehead atoms. The highest BCUT2D eigenvalue weighted by molar-refractivity contribution is 7.13. The predicted molar refractivity (Wildman–Crippen MR) is 130 cm³/mol. The molecular formula is C26H30F5NO5S. The largest absolute Gasteiger partial charge is 0.459 e. The van der Waals surface area contributed by atoms with Gasteiger partial charge in [0.2, 0.25) is 0 Å². The number of ether oxygens (including phenoxy) is 2. The average molecular weight is 564 g/mol. The van der Waals surface area contributed by atoms with Crippen molar-refractivity contribution in [3.05, 3.63) is 57.3 Å². The van der Waals surface area contributed by atoms with E-state index in [1.807, 2.05) is 0 Å². The van der Waals surface area contributed by atoms with Crippen molar-refractivity contribution >= 4 is 23.4 Å². The van der Waals surface area contributed by atoms with Gasteiger partial charge in [0.25, 0.3) is 5.92 Å². The molecule has 6 nitrogen and oxygen atoms in total. The van der Waals surface area contributed by atoms with Crippen LogP contribution in [0, 0.1) is 0 Å². The topological polar surface area (TPSA) is 76.1 Å². The van der Waals surface area contributed by atoms with E-state index in [2.05, 4.69) is 0 Å². The number of aryl methyl sites for hydroxylation is 1. The lowest BCUT2D eigenvalue weighted by Crippen LogP contribution is -2.47. The van der Waals surface area contributed by atoms with Gasteiger partial charge in [0.15, 0.2) is 0 Å². The molecule has 1 unspecified atom stereocenters. The number of hydrogen-bond acceptors (Lipinski definition) is 6. The standard InChI is InChI=1S/C26H30F5NO5S/c1-16(2)37-23(34)21-10-9-20(38-21)7-4-13-32-19(12-14-36-24(32)35)8-11-22(33)25(27,28)17-5-3-6-18(15-17)26(29,30)31/h3,5-6,9-10,15-16,19,22,33H,4,7-8,11-14H2,1-2H3/t19?,22-/m1/s1. The van der Waals surface area contributed by atoms with Gasteiger partial charge in [0, 0.05) is 29.4 Å². The lowest BCUT2D eigenvalue weighted by Gasteiger charge is -2.36. The second-order valence-electron chi connectivity index (χ2n) is 9.37. The fourth-order valence-corrected chi connectivity index (χ4v) is 5.12. The number of thiophene rings is 1. The van der Waals surface area contributed by atoms with Crippen molar-refractivity contribution in [1.82, 2.24) is 4.90 Å². The van der Waals surface area contributed by atoms with Gasteiger partial charge in [-0.2, -0.15) is 22.0 Å². The number of esters is 1. The van der Waals surface area contributed by atoms with E-state index >= 15 is 0 Å². The quantitative estimate of drug-likeness (QED) is 0.253. The van der Waals surface area contributed by atoms with Crippen LogP contribution in [0.3, 0.4) is 0 Å². The number of nitrogens with zero attached hydrogens (tertiary/aromatic N) is 1. The maximum absolute atomic E-state index is 14.8. The average Bonchev–Trinajstić information content (AvgIpc) is 3.32. The minimum Gasteiger partial charge on any atom is -0.459 e. The summed E-state index contributed by atoms with van der Waals surface area (Å²) in [4.78, 5) is 27.2. The summed E-state index contributed by atoms with van der Waals surface area (Å²) < 4.78 is 78.7. The summed E-state index contributed by atoms with van der Waals surface area (Å²) in [5, 5.41) is 10.2. The SMILES string of the molecule is CC(C)OC(=O)c1ccc(CCCN2C(=O)OCCC2CC[C@@H](O)C(F)(F)c2cccc(C(F)(F)F)c2)s1. The number of hydrogen-bond donors (Lipinski definition) is 1. The number of halogens is 5. The van der Waals surface area contributed by atoms with Crippen LogP contribution in [0.1, 0.15) is 65.2 Å². The highest BCUT2D eigenvalue weighted by atomic mass is 32.1. The Balaban J connectivity index is 1.57. The molecule has 0 saturated carbocycles. The molecule has 12 heteroatoms. The summed E-state index contributed by atoms with van der Waals surface area (Å²) >= 11 is 1.29. The lowest BCUT2D eigenvalue weighted by atomic mass is 9.95. The molecule has 1 N–H and O–H groups in total. The Morgan fingerprint density at radius 2 is 1.89 bits per heavy atom. The zero-order valence-corrected chi connectivity index (χ0v) is 21.8. The summed E-state index contributed by atoms with van der Waals surface area (Å²) in [6.45, 7) is 3.89. The molecule has 210 valence electrons. The summed E-state index contributed by atoms with van der Waals surface area (Å²) in [5.74, 6) is -4.31. The summed E-state index contributed by atoms with van der Waals surface area (Å²) in [5.41, 5.74) is -2.15. The van der Waals surface area contributed by atoms with E-state index in [1.54, 1.807) is 26.0 Å². The third-order valence-electron chi connectivity index (χ3n) is 6.15. The number of alkyl halides is 5. The van der Waals surface area contributed by atoms with Crippen molar-refractivity contribution in [3.63, 3.8) is 0 Å². The van der Waals surface area contributed by atoms with Crippen LogP contribution >= 0.6 is 11.3 Å². The van der Waals surface area contributed by atoms with Crippen LogP contribution in [0.5, 0.6) is 0 Å². The number of carbonyl (C=O) groups is 2. The summed E-state index contributed by atoms with van der Waals surface area (Å²) in [7, 11) is 0. The van der Waals surface area contributed by atoms with E-state index < -0.39 is 53.9 Å². The van der Waals surface area contributed by atoms with E-state index in [0.29, 0.717) is 36.3 Å². The van der Waals surface area contributed by atoms with Crippen LogP contribution in [-0.2, 0) is 28.0 Å². The molecule has 1 aliphatic heterocycles. The molecule has 3 rings (SSSR count). The van der Waals surface area contributed by atoms with Crippen molar-refractivity contribution in [2.24, 2.45) is 0 Å². The highest BCUT2D eigenvalue weighted by Gasteiger charge is 2.42. The first-order chi connectivity index (χ1) is 17.8. The van der Waals surface area contributed by atoms with Crippen LogP contribution < -0.4 is 0 Å². The van der Waals surface area contributed by atoms with Gasteiger partial charge in [-0.25, -0.2) is 9.59 Å². The van der Waals surface area contributed by atoms with Crippen LogP contribution in [0.15, 0.2) is 36.4 Å². The predicted octanol–water partition coefficient (Wildman–Crippen LogP) is 6.41. The second-order valence-corrected chi connectivity index (χ2v) is 10.5. The first-order valence-electron chi connectivity index (χ1n) is 12.3. The molecule has 2 atom stereocenters. The molecule has 2 aromatic rings. The third-order valence-corrected chi connectivity index (χ3v) is 7.27. The number of aliphatic hydroxyl groups is 1. The first kappa shape index (κ1) is 29.8. The Bertz CT molecular complexity index is 1100. The number of benzene rings is 1. The monoisotopic (exact) mass is 563 g/mol. The van der Waals surface area contributed by atoms with Crippen molar-refractivity contribution in [1.29, 1.82) is 0 Å². The van der Waals surface area contributed by atoms with E-state index in [4.69, 9.17) is 9.47 Å². The zero-order valence-electron chi connectivity index (χ0n) is 21.0. The van der Waals surface area contributed by atoms with E-state index in [-0.39, 0.29) is 25.7 Å². The van der Waals surface area contributed by atoms with Gasteiger partial charge >= 0.3 is 18.2 Å². The molecule has 2 heterocycles. The summed E-state index contributed by atoms with van der Waals surface area (Å²) in [6, 6.07) is 5.76. The molecule has 0 spiro atoms. The van der Waals surface area contributed by atoms with Gasteiger partial charge in [0.1, 0.15) is 11.0 Å². The Labute approximate surface area is 221 Å². The molecule has 1 saturated heterocycles. The Morgan fingerprint density at radius 1 is 1.18 bits per heavy atom. The van der Waals surface area contributed by atoms with Crippen LogP contribution in [0.4, 0.5) is 26.7 Å². The maximum Gasteiger partial charge on any atom is 0.416 e. The minimum absolute atomic E-state index is 0.0228. The second kappa shape index (κ2) is 12.4. The summed E-state index contributed by atoms with van der Waals surface area (Å²) in [6.07, 6.45) is -6.80. The zero-order chi connectivity index (χ0) is 28.1. The molecule has 1 aromatic carbocycles. The first-order valence-corrected chi connectivity index (χ1v) is 13.1. The molecule has 1 fully saturated rings. The normalized spacial score (nSPS) is 17.4. The van der Waals surface area contributed by atoms with Crippen LogP contribution in [0.25, 0.3) is 0 Å².